The molecule has 17 heavy (non-hydrogen) atoms. The van der Waals surface area contributed by atoms with Crippen molar-refractivity contribution in [2.24, 2.45) is 11.7 Å². The molecule has 96 valence electrons. The normalized spacial score (nSPS) is 14.2. The Bertz CT molecular complexity index is 341. The van der Waals surface area contributed by atoms with Crippen molar-refractivity contribution >= 4 is 5.69 Å². The van der Waals surface area contributed by atoms with E-state index in [1.54, 1.807) is 7.11 Å². The standard InChI is InChI=1S/C14H24N2O/c1-5-11(2)14(15)10-16(3)12-7-6-8-13(9-12)17-4/h6-9,11,14H,5,10,15H2,1-4H3/t11-,14+/m0/s1. The summed E-state index contributed by atoms with van der Waals surface area (Å²) < 4.78 is 5.22. The van der Waals surface area contributed by atoms with Crippen LogP contribution >= 0.6 is 0 Å². The van der Waals surface area contributed by atoms with E-state index in [0.717, 1.165) is 24.4 Å². The fraction of sp³-hybridized carbons (Fsp3) is 0.571. The number of anilines is 1. The number of methoxy groups -OCH3 is 1. The van der Waals surface area contributed by atoms with Gasteiger partial charge >= 0.3 is 0 Å². The molecule has 3 heteroatoms. The number of nitrogens with zero attached hydrogens (tertiary/aromatic N) is 1. The average molecular weight is 236 g/mol. The van der Waals surface area contributed by atoms with Gasteiger partial charge in [-0.15, -0.1) is 0 Å². The Hall–Kier alpha value is -1.22. The highest BCUT2D eigenvalue weighted by molar-refractivity contribution is 5.50. The van der Waals surface area contributed by atoms with Crippen molar-refractivity contribution in [3.8, 4) is 5.75 Å². The van der Waals surface area contributed by atoms with Crippen molar-refractivity contribution < 1.29 is 4.74 Å². The second-order valence-electron chi connectivity index (χ2n) is 4.63. The van der Waals surface area contributed by atoms with E-state index in [2.05, 4.69) is 31.9 Å². The molecule has 0 bridgehead atoms. The fourth-order valence-electron chi connectivity index (χ4n) is 1.75. The van der Waals surface area contributed by atoms with Crippen LogP contribution < -0.4 is 15.4 Å². The van der Waals surface area contributed by atoms with E-state index >= 15 is 0 Å². The fourth-order valence-corrected chi connectivity index (χ4v) is 1.75. The summed E-state index contributed by atoms with van der Waals surface area (Å²) >= 11 is 0. The molecular formula is C14H24N2O. The van der Waals surface area contributed by atoms with Gasteiger partial charge in [0.05, 0.1) is 7.11 Å². The molecule has 0 heterocycles. The van der Waals surface area contributed by atoms with Gasteiger partial charge in [-0.05, 0) is 18.1 Å². The molecular weight excluding hydrogens is 212 g/mol. The Labute approximate surface area is 105 Å². The van der Waals surface area contributed by atoms with Gasteiger partial charge < -0.3 is 15.4 Å². The van der Waals surface area contributed by atoms with E-state index in [1.165, 1.54) is 0 Å². The van der Waals surface area contributed by atoms with Crippen LogP contribution in [-0.4, -0.2) is 26.7 Å². The van der Waals surface area contributed by atoms with Crippen LogP contribution in [0, 0.1) is 5.92 Å². The zero-order valence-electron chi connectivity index (χ0n) is 11.3. The van der Waals surface area contributed by atoms with Crippen LogP contribution in [0.4, 0.5) is 5.69 Å². The zero-order valence-corrected chi connectivity index (χ0v) is 11.3. The van der Waals surface area contributed by atoms with Gasteiger partial charge in [-0.2, -0.15) is 0 Å². The predicted octanol–water partition coefficient (Wildman–Crippen LogP) is 2.50. The molecule has 0 aromatic heterocycles. The van der Waals surface area contributed by atoms with Gasteiger partial charge in [0.1, 0.15) is 5.75 Å². The van der Waals surface area contributed by atoms with Crippen LogP contribution in [0.25, 0.3) is 0 Å². The smallest absolute Gasteiger partial charge is 0.120 e. The SMILES string of the molecule is CC[C@H](C)[C@H](N)CN(C)c1cccc(OC)c1. The lowest BCUT2D eigenvalue weighted by molar-refractivity contribution is 0.414. The van der Waals surface area contributed by atoms with E-state index in [9.17, 15) is 0 Å². The number of nitrogens with two attached hydrogens (primary N) is 1. The monoisotopic (exact) mass is 236 g/mol. The van der Waals surface area contributed by atoms with Crippen LogP contribution in [0.3, 0.4) is 0 Å². The van der Waals surface area contributed by atoms with Crippen LogP contribution in [0.15, 0.2) is 24.3 Å². The summed E-state index contributed by atoms with van der Waals surface area (Å²) in [5.41, 5.74) is 7.31. The number of hydrogen-bond donors (Lipinski definition) is 1. The van der Waals surface area contributed by atoms with Gasteiger partial charge in [0.15, 0.2) is 0 Å². The first-order valence-corrected chi connectivity index (χ1v) is 6.19. The number of likely N-dealkylation sites (N-methyl/N-ethyl adjacent to an activating group) is 1. The third kappa shape index (κ3) is 3.93. The lowest BCUT2D eigenvalue weighted by Gasteiger charge is -2.26. The maximum atomic E-state index is 6.16. The minimum absolute atomic E-state index is 0.205. The summed E-state index contributed by atoms with van der Waals surface area (Å²) in [7, 11) is 3.75. The molecule has 0 saturated heterocycles. The summed E-state index contributed by atoms with van der Waals surface area (Å²) in [6.07, 6.45) is 1.12. The first-order chi connectivity index (χ1) is 8.08. The lowest BCUT2D eigenvalue weighted by atomic mass is 9.99. The van der Waals surface area contributed by atoms with Gasteiger partial charge in [0, 0.05) is 31.4 Å². The molecule has 0 spiro atoms. The largest absolute Gasteiger partial charge is 0.497 e. The van der Waals surface area contributed by atoms with E-state index in [4.69, 9.17) is 10.5 Å². The molecule has 0 unspecified atom stereocenters. The van der Waals surface area contributed by atoms with Crippen molar-refractivity contribution in [3.63, 3.8) is 0 Å². The van der Waals surface area contributed by atoms with Crippen molar-refractivity contribution in [2.45, 2.75) is 26.3 Å². The van der Waals surface area contributed by atoms with Crippen LogP contribution in [0.1, 0.15) is 20.3 Å². The topological polar surface area (TPSA) is 38.5 Å². The summed E-state index contributed by atoms with van der Waals surface area (Å²) in [6.45, 7) is 5.24. The molecule has 0 radical (unpaired) electrons. The average Bonchev–Trinajstić information content (AvgIpc) is 2.37. The first kappa shape index (κ1) is 13.8. The van der Waals surface area contributed by atoms with E-state index in [-0.39, 0.29) is 6.04 Å². The summed E-state index contributed by atoms with van der Waals surface area (Å²) in [5, 5.41) is 0. The minimum Gasteiger partial charge on any atom is -0.497 e. The molecule has 0 aliphatic rings. The van der Waals surface area contributed by atoms with Gasteiger partial charge in [-0.3, -0.25) is 0 Å². The highest BCUT2D eigenvalue weighted by Gasteiger charge is 2.13. The minimum atomic E-state index is 0.205. The highest BCUT2D eigenvalue weighted by atomic mass is 16.5. The lowest BCUT2D eigenvalue weighted by Crippen LogP contribution is -2.39. The molecule has 3 nitrogen and oxygen atoms in total. The van der Waals surface area contributed by atoms with Crippen molar-refractivity contribution in [3.05, 3.63) is 24.3 Å². The highest BCUT2D eigenvalue weighted by Crippen LogP contribution is 2.20. The van der Waals surface area contributed by atoms with E-state index in [1.807, 2.05) is 18.2 Å². The Morgan fingerprint density at radius 3 is 2.71 bits per heavy atom. The number of benzene rings is 1. The number of hydrogen-bond acceptors (Lipinski definition) is 3. The molecule has 0 saturated carbocycles. The molecule has 0 aliphatic carbocycles. The Balaban J connectivity index is 2.65. The Morgan fingerprint density at radius 1 is 1.41 bits per heavy atom. The van der Waals surface area contributed by atoms with Crippen LogP contribution in [0.2, 0.25) is 0 Å². The predicted molar refractivity (Wildman–Crippen MR) is 73.7 cm³/mol. The third-order valence-corrected chi connectivity index (χ3v) is 3.35. The van der Waals surface area contributed by atoms with Gasteiger partial charge in [0.2, 0.25) is 0 Å². The molecule has 0 fully saturated rings. The molecule has 1 rings (SSSR count). The van der Waals surface area contributed by atoms with Crippen LogP contribution in [-0.2, 0) is 0 Å². The van der Waals surface area contributed by atoms with Gasteiger partial charge in [-0.1, -0.05) is 26.3 Å². The molecule has 2 N–H and O–H groups in total. The number of ether oxygens (including phenoxy) is 1. The second kappa shape index (κ2) is 6.50. The third-order valence-electron chi connectivity index (χ3n) is 3.35. The van der Waals surface area contributed by atoms with Crippen LogP contribution in [0.5, 0.6) is 5.75 Å². The summed E-state index contributed by atoms with van der Waals surface area (Å²) in [6, 6.07) is 8.26. The molecule has 0 aliphatic heterocycles. The Morgan fingerprint density at radius 2 is 2.12 bits per heavy atom. The number of rotatable bonds is 6. The van der Waals surface area contributed by atoms with E-state index in [0.29, 0.717) is 5.92 Å². The molecule has 1 aromatic carbocycles. The van der Waals surface area contributed by atoms with Crippen molar-refractivity contribution in [2.75, 3.05) is 25.6 Å². The molecule has 0 amide bonds. The molecule has 2 atom stereocenters. The maximum absolute atomic E-state index is 6.16. The van der Waals surface area contributed by atoms with Gasteiger partial charge in [-0.25, -0.2) is 0 Å². The first-order valence-electron chi connectivity index (χ1n) is 6.19. The van der Waals surface area contributed by atoms with Gasteiger partial charge in [0.25, 0.3) is 0 Å². The quantitative estimate of drug-likeness (QED) is 0.824. The van der Waals surface area contributed by atoms with E-state index < -0.39 is 0 Å². The second-order valence-corrected chi connectivity index (χ2v) is 4.63. The molecule has 1 aromatic rings. The summed E-state index contributed by atoms with van der Waals surface area (Å²) in [4.78, 5) is 2.18. The van der Waals surface area contributed by atoms with Crippen molar-refractivity contribution in [1.29, 1.82) is 0 Å². The zero-order chi connectivity index (χ0) is 12.8. The maximum Gasteiger partial charge on any atom is 0.120 e. The van der Waals surface area contributed by atoms with Crippen molar-refractivity contribution in [1.82, 2.24) is 0 Å². The summed E-state index contributed by atoms with van der Waals surface area (Å²) in [5.74, 6) is 1.43. The Kier molecular flexibility index (Phi) is 5.29.